The molecule has 1 aromatic heterocycles. The molecule has 1 N–H and O–H groups in total. The molecule has 3 rings (SSSR count). The monoisotopic (exact) mass is 397 g/mol. The predicted octanol–water partition coefficient (Wildman–Crippen LogP) is 4.65. The number of nitrogens with zero attached hydrogens (tertiary/aromatic N) is 3. The highest BCUT2D eigenvalue weighted by Crippen LogP contribution is 2.40. The number of rotatable bonds is 5. The molecule has 2 aromatic carbocycles. The number of benzene rings is 2. The molecular weight excluding hydrogens is 383 g/mol. The molecule has 0 radical (unpaired) electrons. The van der Waals surface area contributed by atoms with Crippen molar-refractivity contribution in [3.05, 3.63) is 71.3 Å². The van der Waals surface area contributed by atoms with Crippen molar-refractivity contribution in [2.75, 3.05) is 0 Å². The lowest BCUT2D eigenvalue weighted by Gasteiger charge is -2.27. The first kappa shape index (κ1) is 19.2. The van der Waals surface area contributed by atoms with Crippen molar-refractivity contribution in [1.29, 1.82) is 0 Å². The van der Waals surface area contributed by atoms with Crippen LogP contribution in [0.15, 0.2) is 55.1 Å². The summed E-state index contributed by atoms with van der Waals surface area (Å²) in [5.41, 5.74) is -3.09. The van der Waals surface area contributed by atoms with Crippen LogP contribution in [0, 0.1) is 0 Å². The summed E-state index contributed by atoms with van der Waals surface area (Å²) >= 11 is 5.79. The lowest BCUT2D eigenvalue weighted by atomic mass is 9.90. The van der Waals surface area contributed by atoms with Gasteiger partial charge in [-0.25, -0.2) is 9.67 Å². The summed E-state index contributed by atoms with van der Waals surface area (Å²) in [6, 6.07) is 9.66. The van der Waals surface area contributed by atoms with E-state index in [9.17, 15) is 18.3 Å². The molecule has 1 unspecified atom stereocenters. The minimum atomic E-state index is -4.68. The Morgan fingerprint density at radius 1 is 1.07 bits per heavy atom. The normalized spacial score (nSPS) is 14.0. The molecule has 0 fully saturated rings. The third-order valence-electron chi connectivity index (χ3n) is 3.86. The molecule has 0 amide bonds. The molecule has 0 saturated carbocycles. The standard InChI is InChI=1S/C18H15ClF3N3O2/c1-17(26,9-25-11-23-10-24-25)15-7-6-14(8-16(15)18(20,21)22)27-13-4-2-12(19)3-5-13/h2-8,10-11,26H,9H2,1H3. The summed E-state index contributed by atoms with van der Waals surface area (Å²) in [5, 5.41) is 15.0. The summed E-state index contributed by atoms with van der Waals surface area (Å²) in [4.78, 5) is 3.73. The van der Waals surface area contributed by atoms with E-state index in [-0.39, 0.29) is 17.9 Å². The van der Waals surface area contributed by atoms with Gasteiger partial charge in [-0.05, 0) is 48.9 Å². The Balaban J connectivity index is 1.95. The first-order chi connectivity index (χ1) is 12.6. The Bertz CT molecular complexity index is 911. The molecule has 0 bridgehead atoms. The molecule has 0 spiro atoms. The molecule has 5 nitrogen and oxygen atoms in total. The second-order valence-corrected chi connectivity index (χ2v) is 6.56. The zero-order chi connectivity index (χ0) is 19.7. The van der Waals surface area contributed by atoms with Crippen LogP contribution in [-0.4, -0.2) is 19.9 Å². The van der Waals surface area contributed by atoms with Gasteiger partial charge in [0.05, 0.1) is 12.1 Å². The maximum absolute atomic E-state index is 13.6. The fourth-order valence-electron chi connectivity index (χ4n) is 2.64. The molecule has 27 heavy (non-hydrogen) atoms. The Kier molecular flexibility index (Phi) is 5.12. The van der Waals surface area contributed by atoms with Gasteiger partial charge in [-0.1, -0.05) is 17.7 Å². The lowest BCUT2D eigenvalue weighted by Crippen LogP contribution is -2.31. The summed E-state index contributed by atoms with van der Waals surface area (Å²) in [6.07, 6.45) is -2.12. The zero-order valence-electron chi connectivity index (χ0n) is 14.1. The Labute approximate surface area is 158 Å². The largest absolute Gasteiger partial charge is 0.457 e. The third-order valence-corrected chi connectivity index (χ3v) is 4.11. The van der Waals surface area contributed by atoms with E-state index < -0.39 is 17.3 Å². The maximum Gasteiger partial charge on any atom is 0.416 e. The Morgan fingerprint density at radius 2 is 1.74 bits per heavy atom. The van der Waals surface area contributed by atoms with E-state index in [0.29, 0.717) is 10.8 Å². The van der Waals surface area contributed by atoms with Gasteiger partial charge in [-0.15, -0.1) is 0 Å². The average molecular weight is 398 g/mol. The molecule has 9 heteroatoms. The van der Waals surface area contributed by atoms with Crippen molar-refractivity contribution in [1.82, 2.24) is 14.8 Å². The molecule has 0 saturated heterocycles. The van der Waals surface area contributed by atoms with Gasteiger partial charge in [-0.2, -0.15) is 18.3 Å². The molecule has 3 aromatic rings. The van der Waals surface area contributed by atoms with Crippen LogP contribution in [-0.2, 0) is 18.3 Å². The highest BCUT2D eigenvalue weighted by Gasteiger charge is 2.39. The van der Waals surface area contributed by atoms with Crippen LogP contribution in [0.25, 0.3) is 0 Å². The van der Waals surface area contributed by atoms with Crippen LogP contribution in [0.3, 0.4) is 0 Å². The van der Waals surface area contributed by atoms with Crippen LogP contribution in [0.1, 0.15) is 18.1 Å². The van der Waals surface area contributed by atoms with Gasteiger partial charge in [-0.3, -0.25) is 0 Å². The Morgan fingerprint density at radius 3 is 2.33 bits per heavy atom. The van der Waals surface area contributed by atoms with Crippen molar-refractivity contribution in [2.45, 2.75) is 25.2 Å². The summed E-state index contributed by atoms with van der Waals surface area (Å²) in [7, 11) is 0. The van der Waals surface area contributed by atoms with Crippen LogP contribution >= 0.6 is 11.6 Å². The molecule has 142 valence electrons. The third kappa shape index (κ3) is 4.58. The number of ether oxygens (including phenoxy) is 1. The smallest absolute Gasteiger partial charge is 0.416 e. The van der Waals surface area contributed by atoms with E-state index in [0.717, 1.165) is 6.07 Å². The van der Waals surface area contributed by atoms with Gasteiger partial charge in [0.15, 0.2) is 0 Å². The molecule has 1 heterocycles. The predicted molar refractivity (Wildman–Crippen MR) is 92.6 cm³/mol. The van der Waals surface area contributed by atoms with Gasteiger partial charge in [0.2, 0.25) is 0 Å². The van der Waals surface area contributed by atoms with Gasteiger partial charge in [0.25, 0.3) is 0 Å². The van der Waals surface area contributed by atoms with Crippen molar-refractivity contribution in [3.63, 3.8) is 0 Å². The highest BCUT2D eigenvalue weighted by atomic mass is 35.5. The quantitative estimate of drug-likeness (QED) is 0.680. The van der Waals surface area contributed by atoms with E-state index in [1.807, 2.05) is 0 Å². The van der Waals surface area contributed by atoms with Crippen molar-refractivity contribution in [2.24, 2.45) is 0 Å². The minimum Gasteiger partial charge on any atom is -0.457 e. The lowest BCUT2D eigenvalue weighted by molar-refractivity contribution is -0.140. The van der Waals surface area contributed by atoms with E-state index in [2.05, 4.69) is 10.1 Å². The fraction of sp³-hybridized carbons (Fsp3) is 0.222. The maximum atomic E-state index is 13.6. The van der Waals surface area contributed by atoms with E-state index >= 15 is 0 Å². The molecule has 1 atom stereocenters. The van der Waals surface area contributed by atoms with Gasteiger partial charge >= 0.3 is 6.18 Å². The number of halogens is 4. The summed E-state index contributed by atoms with van der Waals surface area (Å²) < 4.78 is 47.6. The van der Waals surface area contributed by atoms with Crippen molar-refractivity contribution in [3.8, 4) is 11.5 Å². The number of alkyl halides is 3. The molecule has 0 aliphatic carbocycles. The first-order valence-corrected chi connectivity index (χ1v) is 8.23. The van der Waals surface area contributed by atoms with Crippen LogP contribution in [0.2, 0.25) is 5.02 Å². The zero-order valence-corrected chi connectivity index (χ0v) is 14.9. The summed E-state index contributed by atoms with van der Waals surface area (Å²) in [6.45, 7) is 1.10. The van der Waals surface area contributed by atoms with E-state index in [4.69, 9.17) is 16.3 Å². The minimum absolute atomic E-state index is 0.00930. The topological polar surface area (TPSA) is 60.2 Å². The van der Waals surface area contributed by atoms with Gasteiger partial charge < -0.3 is 9.84 Å². The van der Waals surface area contributed by atoms with Crippen molar-refractivity contribution >= 4 is 11.6 Å². The molecule has 0 aliphatic rings. The number of hydrogen-bond donors (Lipinski definition) is 1. The molecular formula is C18H15ClF3N3O2. The molecule has 0 aliphatic heterocycles. The van der Waals surface area contributed by atoms with E-state index in [1.165, 1.54) is 36.4 Å². The average Bonchev–Trinajstić information content (AvgIpc) is 3.08. The first-order valence-electron chi connectivity index (χ1n) is 7.85. The second kappa shape index (κ2) is 7.21. The van der Waals surface area contributed by atoms with Crippen LogP contribution in [0.5, 0.6) is 11.5 Å². The highest BCUT2D eigenvalue weighted by molar-refractivity contribution is 6.30. The van der Waals surface area contributed by atoms with E-state index in [1.54, 1.807) is 24.3 Å². The number of aromatic nitrogens is 3. The second-order valence-electron chi connectivity index (χ2n) is 6.13. The number of aliphatic hydroxyl groups is 1. The van der Waals surface area contributed by atoms with Gasteiger partial charge in [0.1, 0.15) is 29.8 Å². The SMILES string of the molecule is CC(O)(Cn1cncn1)c1ccc(Oc2ccc(Cl)cc2)cc1C(F)(F)F. The van der Waals surface area contributed by atoms with Gasteiger partial charge in [0, 0.05) is 5.02 Å². The number of hydrogen-bond acceptors (Lipinski definition) is 4. The van der Waals surface area contributed by atoms with Crippen LogP contribution in [0.4, 0.5) is 13.2 Å². The van der Waals surface area contributed by atoms with Crippen molar-refractivity contribution < 1.29 is 23.0 Å². The van der Waals surface area contributed by atoms with Crippen LogP contribution < -0.4 is 4.74 Å². The fourth-order valence-corrected chi connectivity index (χ4v) is 2.77. The Hall–Kier alpha value is -2.58. The summed E-state index contributed by atoms with van der Waals surface area (Å²) in [5.74, 6) is 0.333.